The van der Waals surface area contributed by atoms with Crippen LogP contribution in [0.4, 0.5) is 0 Å². The lowest BCUT2D eigenvalue weighted by atomic mass is 9.97. The molecule has 3 aromatic heterocycles. The summed E-state index contributed by atoms with van der Waals surface area (Å²) in [6.45, 7) is 4.32. The van der Waals surface area contributed by atoms with Crippen LogP contribution in [0.3, 0.4) is 0 Å². The van der Waals surface area contributed by atoms with Crippen LogP contribution in [-0.2, 0) is 24.2 Å². The fourth-order valence-corrected chi connectivity index (χ4v) is 5.53. The molecular weight excluding hydrogens is 394 g/mol. The lowest BCUT2D eigenvalue weighted by Gasteiger charge is -2.12. The topological polar surface area (TPSA) is 77.1 Å². The van der Waals surface area contributed by atoms with Gasteiger partial charge in [-0.2, -0.15) is 0 Å². The van der Waals surface area contributed by atoms with Gasteiger partial charge in [-0.05, 0) is 43.4 Å². The number of carbonyl (C=O) groups is 1. The average molecular weight is 416 g/mol. The van der Waals surface area contributed by atoms with Crippen LogP contribution < -0.4 is 10.9 Å². The molecule has 0 bridgehead atoms. The number of nitrogens with zero attached hydrogens (tertiary/aromatic N) is 2. The maximum atomic E-state index is 13.4. The summed E-state index contributed by atoms with van der Waals surface area (Å²) >= 11 is 2.89. The number of nitrogens with one attached hydrogen (secondary N) is 1. The molecule has 0 aliphatic heterocycles. The van der Waals surface area contributed by atoms with E-state index in [-0.39, 0.29) is 17.2 Å². The minimum absolute atomic E-state index is 0.0465. The number of thiophene rings is 1. The third kappa shape index (κ3) is 3.79. The summed E-state index contributed by atoms with van der Waals surface area (Å²) in [6, 6.07) is 3.64. The second-order valence-electron chi connectivity index (χ2n) is 6.64. The summed E-state index contributed by atoms with van der Waals surface area (Å²) in [7, 11) is 0. The number of hydrogen-bond donors (Lipinski definition) is 1. The van der Waals surface area contributed by atoms with E-state index in [0.717, 1.165) is 41.5 Å². The highest BCUT2D eigenvalue weighted by Crippen LogP contribution is 2.34. The van der Waals surface area contributed by atoms with E-state index in [4.69, 9.17) is 9.40 Å². The standard InChI is InChI=1S/C20H21N3O3S2/c1-2-9-21-16(24)12-27-20-22-18-17(14-7-3-4-8-15(14)28-18)19(25)23(20)11-13-6-5-10-26-13/h2,5-6,10H,1,3-4,7-9,11-12H2,(H,21,24). The Kier molecular flexibility index (Phi) is 5.68. The van der Waals surface area contributed by atoms with Crippen molar-refractivity contribution in [3.8, 4) is 0 Å². The van der Waals surface area contributed by atoms with Crippen molar-refractivity contribution in [2.45, 2.75) is 37.4 Å². The van der Waals surface area contributed by atoms with Crippen LogP contribution in [0.25, 0.3) is 10.2 Å². The van der Waals surface area contributed by atoms with Gasteiger partial charge in [0.05, 0.1) is 23.9 Å². The molecule has 0 saturated heterocycles. The summed E-state index contributed by atoms with van der Waals surface area (Å²) in [5.74, 6) is 0.759. The van der Waals surface area contributed by atoms with E-state index >= 15 is 0 Å². The highest BCUT2D eigenvalue weighted by molar-refractivity contribution is 7.99. The van der Waals surface area contributed by atoms with Crippen LogP contribution in [0, 0.1) is 0 Å². The SMILES string of the molecule is C=CCNC(=O)CSc1nc2sc3c(c2c(=O)n1Cc1ccco1)CCCC3. The van der Waals surface area contributed by atoms with E-state index in [9.17, 15) is 9.59 Å². The van der Waals surface area contributed by atoms with Crippen LogP contribution >= 0.6 is 23.1 Å². The van der Waals surface area contributed by atoms with Crippen molar-refractivity contribution in [3.05, 3.63) is 57.6 Å². The first-order chi connectivity index (χ1) is 13.7. The molecule has 0 radical (unpaired) electrons. The van der Waals surface area contributed by atoms with Gasteiger partial charge in [-0.15, -0.1) is 17.9 Å². The predicted molar refractivity (Wildman–Crippen MR) is 112 cm³/mol. The van der Waals surface area contributed by atoms with Gasteiger partial charge in [-0.3, -0.25) is 14.2 Å². The Morgan fingerprint density at radius 3 is 3.07 bits per heavy atom. The molecule has 1 aliphatic carbocycles. The van der Waals surface area contributed by atoms with Gasteiger partial charge >= 0.3 is 0 Å². The molecule has 3 heterocycles. The summed E-state index contributed by atoms with van der Waals surface area (Å²) in [5, 5.41) is 4.04. The molecule has 1 N–H and O–H groups in total. The van der Waals surface area contributed by atoms with E-state index in [2.05, 4.69) is 11.9 Å². The molecule has 0 unspecified atom stereocenters. The zero-order valence-corrected chi connectivity index (χ0v) is 17.0. The number of aryl methyl sites for hydroxylation is 2. The second-order valence-corrected chi connectivity index (χ2v) is 8.66. The van der Waals surface area contributed by atoms with E-state index < -0.39 is 0 Å². The molecule has 0 spiro atoms. The summed E-state index contributed by atoms with van der Waals surface area (Å²) in [5.41, 5.74) is 1.12. The normalized spacial score (nSPS) is 13.4. The zero-order valence-electron chi connectivity index (χ0n) is 15.4. The molecule has 1 amide bonds. The monoisotopic (exact) mass is 415 g/mol. The first-order valence-electron chi connectivity index (χ1n) is 9.25. The molecule has 28 heavy (non-hydrogen) atoms. The lowest BCUT2D eigenvalue weighted by Crippen LogP contribution is -2.27. The van der Waals surface area contributed by atoms with Crippen LogP contribution in [0.15, 0.2) is 45.4 Å². The summed E-state index contributed by atoms with van der Waals surface area (Å²) in [4.78, 5) is 32.2. The molecule has 0 fully saturated rings. The van der Waals surface area contributed by atoms with E-state index in [0.29, 0.717) is 24.0 Å². The summed E-state index contributed by atoms with van der Waals surface area (Å²) < 4.78 is 7.08. The number of amides is 1. The van der Waals surface area contributed by atoms with Gasteiger partial charge in [0.1, 0.15) is 10.6 Å². The number of fused-ring (bicyclic) bond motifs is 3. The lowest BCUT2D eigenvalue weighted by molar-refractivity contribution is -0.118. The molecule has 0 atom stereocenters. The Labute approximate surface area is 170 Å². The Balaban J connectivity index is 1.74. The molecule has 6 nitrogen and oxygen atoms in total. The predicted octanol–water partition coefficient (Wildman–Crippen LogP) is 3.37. The third-order valence-corrected chi connectivity index (χ3v) is 6.87. The first kappa shape index (κ1) is 19.0. The smallest absolute Gasteiger partial charge is 0.263 e. The molecule has 1 aliphatic rings. The maximum Gasteiger partial charge on any atom is 0.263 e. The minimum atomic E-state index is -0.116. The molecule has 0 aromatic carbocycles. The van der Waals surface area contributed by atoms with Gasteiger partial charge in [0.2, 0.25) is 5.91 Å². The van der Waals surface area contributed by atoms with Gasteiger partial charge in [-0.1, -0.05) is 17.8 Å². The highest BCUT2D eigenvalue weighted by Gasteiger charge is 2.23. The number of carbonyl (C=O) groups excluding carboxylic acids is 1. The highest BCUT2D eigenvalue weighted by atomic mass is 32.2. The van der Waals surface area contributed by atoms with Gasteiger partial charge in [0.25, 0.3) is 5.56 Å². The fourth-order valence-electron chi connectivity index (χ4n) is 3.39. The molecular formula is C20H21N3O3S2. The first-order valence-corrected chi connectivity index (χ1v) is 11.1. The quantitative estimate of drug-likeness (QED) is 0.364. The largest absolute Gasteiger partial charge is 0.467 e. The molecule has 0 saturated carbocycles. The van der Waals surface area contributed by atoms with Gasteiger partial charge < -0.3 is 9.73 Å². The molecule has 8 heteroatoms. The van der Waals surface area contributed by atoms with Crippen molar-refractivity contribution in [1.29, 1.82) is 0 Å². The van der Waals surface area contributed by atoms with Crippen LogP contribution in [0.2, 0.25) is 0 Å². The average Bonchev–Trinajstić information content (AvgIpc) is 3.34. The van der Waals surface area contributed by atoms with Gasteiger partial charge in [-0.25, -0.2) is 4.98 Å². The Morgan fingerprint density at radius 2 is 2.29 bits per heavy atom. The number of aromatic nitrogens is 2. The number of rotatable bonds is 7. The van der Waals surface area contributed by atoms with Crippen molar-refractivity contribution in [1.82, 2.24) is 14.9 Å². The van der Waals surface area contributed by atoms with Crippen LogP contribution in [-0.4, -0.2) is 27.8 Å². The Hall–Kier alpha value is -2.32. The Morgan fingerprint density at radius 1 is 1.43 bits per heavy atom. The van der Waals surface area contributed by atoms with E-state index in [1.165, 1.54) is 16.6 Å². The van der Waals surface area contributed by atoms with Crippen molar-refractivity contribution in [2.24, 2.45) is 0 Å². The van der Waals surface area contributed by atoms with Crippen molar-refractivity contribution < 1.29 is 9.21 Å². The number of hydrogen-bond acceptors (Lipinski definition) is 6. The fraction of sp³-hybridized carbons (Fsp3) is 0.350. The minimum Gasteiger partial charge on any atom is -0.467 e. The molecule has 146 valence electrons. The van der Waals surface area contributed by atoms with E-state index in [1.807, 2.05) is 6.07 Å². The summed E-state index contributed by atoms with van der Waals surface area (Å²) in [6.07, 6.45) is 7.44. The number of thioether (sulfide) groups is 1. The Bertz CT molecular complexity index is 1070. The molecule has 3 aromatic rings. The van der Waals surface area contributed by atoms with Gasteiger partial charge in [0.15, 0.2) is 5.16 Å². The van der Waals surface area contributed by atoms with Gasteiger partial charge in [0, 0.05) is 11.4 Å². The second kappa shape index (κ2) is 8.36. The van der Waals surface area contributed by atoms with Crippen molar-refractivity contribution in [3.63, 3.8) is 0 Å². The number of furan rings is 1. The molecule has 4 rings (SSSR count). The van der Waals surface area contributed by atoms with Crippen molar-refractivity contribution >= 4 is 39.2 Å². The zero-order chi connectivity index (χ0) is 19.5. The van der Waals surface area contributed by atoms with E-state index in [1.54, 1.807) is 34.3 Å². The van der Waals surface area contributed by atoms with Crippen LogP contribution in [0.5, 0.6) is 0 Å². The van der Waals surface area contributed by atoms with Crippen molar-refractivity contribution in [2.75, 3.05) is 12.3 Å². The van der Waals surface area contributed by atoms with Crippen LogP contribution in [0.1, 0.15) is 29.0 Å². The maximum absolute atomic E-state index is 13.4. The third-order valence-electron chi connectivity index (χ3n) is 4.71.